The molecule has 2 aliphatic heterocycles. The highest BCUT2D eigenvalue weighted by molar-refractivity contribution is 5.80. The number of nitrogens with zero attached hydrogens (tertiary/aromatic N) is 3. The third-order valence-electron chi connectivity index (χ3n) is 5.51. The van der Waals surface area contributed by atoms with Crippen molar-refractivity contribution in [2.24, 2.45) is 5.92 Å². The van der Waals surface area contributed by atoms with Crippen molar-refractivity contribution in [2.45, 2.75) is 65.3 Å². The summed E-state index contributed by atoms with van der Waals surface area (Å²) in [6, 6.07) is -0.0566. The molecule has 0 aromatic heterocycles. The lowest BCUT2D eigenvalue weighted by molar-refractivity contribution is -0.119. The van der Waals surface area contributed by atoms with Crippen molar-refractivity contribution < 1.29 is 19.1 Å². The van der Waals surface area contributed by atoms with Crippen LogP contribution < -0.4 is 10.9 Å². The number of hydrogen-bond acceptors (Lipinski definition) is 5. The number of ether oxygens (including phenoxy) is 1. The van der Waals surface area contributed by atoms with Gasteiger partial charge in [0.1, 0.15) is 0 Å². The standard InChI is InChI=1S/C19H35N5O4/c1-4-6-12-24(19(27)28-5-2)22-13-9-16(10-14-22)17-8-7-11-23(17)18(26)21-20-15(3)25/h16-17H,4-14H2,1-3H3,(H,20,25)(H,21,26)/t17-/m0/s1. The molecule has 28 heavy (non-hydrogen) atoms. The van der Waals surface area contributed by atoms with Crippen molar-refractivity contribution in [3.05, 3.63) is 0 Å². The molecule has 2 N–H and O–H groups in total. The van der Waals surface area contributed by atoms with Gasteiger partial charge in [-0.2, -0.15) is 0 Å². The molecular formula is C19H35N5O4. The fourth-order valence-corrected chi connectivity index (χ4v) is 4.11. The number of carbonyl (C=O) groups excluding carboxylic acids is 3. The van der Waals surface area contributed by atoms with Crippen molar-refractivity contribution in [1.82, 2.24) is 25.8 Å². The van der Waals surface area contributed by atoms with Crippen molar-refractivity contribution in [1.29, 1.82) is 0 Å². The molecule has 2 aliphatic rings. The van der Waals surface area contributed by atoms with Crippen molar-refractivity contribution in [3.8, 4) is 0 Å². The molecule has 160 valence electrons. The molecule has 2 heterocycles. The van der Waals surface area contributed by atoms with Gasteiger partial charge < -0.3 is 9.64 Å². The fraction of sp³-hybridized carbons (Fsp3) is 0.842. The zero-order chi connectivity index (χ0) is 20.5. The van der Waals surface area contributed by atoms with Crippen LogP contribution in [-0.4, -0.2) is 71.8 Å². The highest BCUT2D eigenvalue weighted by Crippen LogP contribution is 2.31. The maximum atomic E-state index is 12.4. The summed E-state index contributed by atoms with van der Waals surface area (Å²) in [6.45, 7) is 8.62. The van der Waals surface area contributed by atoms with Gasteiger partial charge in [-0.1, -0.05) is 13.3 Å². The second-order valence-electron chi connectivity index (χ2n) is 7.48. The Balaban J connectivity index is 1.91. The molecule has 2 fully saturated rings. The van der Waals surface area contributed by atoms with E-state index >= 15 is 0 Å². The molecule has 0 bridgehead atoms. The van der Waals surface area contributed by atoms with E-state index in [0.717, 1.165) is 51.6 Å². The second kappa shape index (κ2) is 11.1. The van der Waals surface area contributed by atoms with Crippen LogP contribution in [0.1, 0.15) is 59.3 Å². The van der Waals surface area contributed by atoms with Gasteiger partial charge in [-0.15, -0.1) is 0 Å². The molecular weight excluding hydrogens is 362 g/mol. The molecule has 0 aromatic rings. The Kier molecular flexibility index (Phi) is 8.82. The SMILES string of the molecule is CCCCN(C(=O)OCC)N1CCC([C@@H]2CCCN2C(=O)NNC(C)=O)CC1. The Morgan fingerprint density at radius 3 is 2.39 bits per heavy atom. The first kappa shape index (κ1) is 22.3. The van der Waals surface area contributed by atoms with E-state index in [2.05, 4.69) is 22.8 Å². The van der Waals surface area contributed by atoms with Gasteiger partial charge in [0.2, 0.25) is 5.91 Å². The monoisotopic (exact) mass is 397 g/mol. The predicted octanol–water partition coefficient (Wildman–Crippen LogP) is 2.10. The van der Waals surface area contributed by atoms with Crippen molar-refractivity contribution in [2.75, 3.05) is 32.8 Å². The highest BCUT2D eigenvalue weighted by Gasteiger charge is 2.37. The van der Waals surface area contributed by atoms with Gasteiger partial charge in [0.25, 0.3) is 0 Å². The number of unbranched alkanes of at least 4 members (excludes halogenated alkanes) is 1. The van der Waals surface area contributed by atoms with Crippen LogP contribution in [0.25, 0.3) is 0 Å². The van der Waals surface area contributed by atoms with E-state index in [1.54, 1.807) is 5.01 Å². The minimum absolute atomic E-state index is 0.183. The summed E-state index contributed by atoms with van der Waals surface area (Å²) in [4.78, 5) is 37.6. The molecule has 0 saturated carbocycles. The van der Waals surface area contributed by atoms with Crippen LogP contribution in [0.5, 0.6) is 0 Å². The van der Waals surface area contributed by atoms with Crippen LogP contribution in [-0.2, 0) is 9.53 Å². The van der Waals surface area contributed by atoms with Crippen LogP contribution in [0.2, 0.25) is 0 Å². The molecule has 9 nitrogen and oxygen atoms in total. The summed E-state index contributed by atoms with van der Waals surface area (Å²) < 4.78 is 5.23. The molecule has 1 atom stereocenters. The van der Waals surface area contributed by atoms with Crippen LogP contribution in [0.4, 0.5) is 9.59 Å². The molecule has 4 amide bonds. The first-order chi connectivity index (χ1) is 13.5. The Morgan fingerprint density at radius 1 is 1.07 bits per heavy atom. The Labute approximate surface area is 167 Å². The minimum atomic E-state index is -0.288. The maximum absolute atomic E-state index is 12.4. The zero-order valence-electron chi connectivity index (χ0n) is 17.4. The van der Waals surface area contributed by atoms with E-state index < -0.39 is 0 Å². The number of likely N-dealkylation sites (tertiary alicyclic amines) is 1. The number of amides is 4. The Bertz CT molecular complexity index is 536. The van der Waals surface area contributed by atoms with Gasteiger partial charge in [-0.3, -0.25) is 10.2 Å². The van der Waals surface area contributed by atoms with E-state index in [-0.39, 0.29) is 24.1 Å². The minimum Gasteiger partial charge on any atom is -0.449 e. The quantitative estimate of drug-likeness (QED) is 0.670. The fourth-order valence-electron chi connectivity index (χ4n) is 4.11. The molecule has 2 rings (SSSR count). The number of hydrazine groups is 2. The zero-order valence-corrected chi connectivity index (χ0v) is 17.4. The van der Waals surface area contributed by atoms with Gasteiger partial charge in [0, 0.05) is 39.1 Å². The van der Waals surface area contributed by atoms with Crippen LogP contribution in [0.3, 0.4) is 0 Å². The normalized spacial score (nSPS) is 20.7. The van der Waals surface area contributed by atoms with Crippen molar-refractivity contribution in [3.63, 3.8) is 0 Å². The average Bonchev–Trinajstić information content (AvgIpc) is 3.17. The van der Waals surface area contributed by atoms with Gasteiger partial charge >= 0.3 is 12.1 Å². The van der Waals surface area contributed by atoms with E-state index in [1.165, 1.54) is 6.92 Å². The molecule has 2 saturated heterocycles. The van der Waals surface area contributed by atoms with Crippen LogP contribution in [0, 0.1) is 5.92 Å². The number of nitrogens with one attached hydrogen (secondary N) is 2. The summed E-state index contributed by atoms with van der Waals surface area (Å²) >= 11 is 0. The van der Waals surface area contributed by atoms with Gasteiger partial charge in [-0.25, -0.2) is 25.0 Å². The molecule has 0 aliphatic carbocycles. The first-order valence-corrected chi connectivity index (χ1v) is 10.5. The molecule has 0 unspecified atom stereocenters. The predicted molar refractivity (Wildman–Crippen MR) is 105 cm³/mol. The molecule has 0 aromatic carbocycles. The van der Waals surface area contributed by atoms with Crippen LogP contribution >= 0.6 is 0 Å². The lowest BCUT2D eigenvalue weighted by Crippen LogP contribution is -2.54. The summed E-state index contributed by atoms with van der Waals surface area (Å²) in [5.74, 6) is 0.112. The Hall–Kier alpha value is -2.03. The summed E-state index contributed by atoms with van der Waals surface area (Å²) in [7, 11) is 0. The third-order valence-corrected chi connectivity index (χ3v) is 5.51. The number of rotatable bonds is 6. The number of carbonyl (C=O) groups is 3. The molecule has 0 radical (unpaired) electrons. The van der Waals surface area contributed by atoms with E-state index in [0.29, 0.717) is 25.6 Å². The highest BCUT2D eigenvalue weighted by atomic mass is 16.6. The van der Waals surface area contributed by atoms with Crippen LogP contribution in [0.15, 0.2) is 0 Å². The molecule has 0 spiro atoms. The lowest BCUT2D eigenvalue weighted by Gasteiger charge is -2.41. The number of hydrogen-bond donors (Lipinski definition) is 2. The van der Waals surface area contributed by atoms with E-state index in [4.69, 9.17) is 4.74 Å². The lowest BCUT2D eigenvalue weighted by atomic mass is 9.88. The average molecular weight is 398 g/mol. The van der Waals surface area contributed by atoms with E-state index in [1.807, 2.05) is 11.8 Å². The van der Waals surface area contributed by atoms with Gasteiger partial charge in [0.15, 0.2) is 0 Å². The van der Waals surface area contributed by atoms with Gasteiger partial charge in [0.05, 0.1) is 6.61 Å². The smallest absolute Gasteiger partial charge is 0.424 e. The first-order valence-electron chi connectivity index (χ1n) is 10.5. The number of piperidine rings is 1. The largest absolute Gasteiger partial charge is 0.449 e. The number of urea groups is 1. The topological polar surface area (TPSA) is 94.2 Å². The summed E-state index contributed by atoms with van der Waals surface area (Å²) in [5.41, 5.74) is 4.85. The second-order valence-corrected chi connectivity index (χ2v) is 7.48. The van der Waals surface area contributed by atoms with E-state index in [9.17, 15) is 14.4 Å². The summed E-state index contributed by atoms with van der Waals surface area (Å²) in [6.07, 6.45) is 5.50. The van der Waals surface area contributed by atoms with Gasteiger partial charge in [-0.05, 0) is 44.9 Å². The third kappa shape index (κ3) is 5.98. The molecule has 9 heteroatoms. The summed E-state index contributed by atoms with van der Waals surface area (Å²) in [5, 5.41) is 3.85. The maximum Gasteiger partial charge on any atom is 0.424 e. The Morgan fingerprint density at radius 2 is 1.79 bits per heavy atom. The van der Waals surface area contributed by atoms with Crippen molar-refractivity contribution >= 4 is 18.0 Å².